The number of benzene rings is 1. The summed E-state index contributed by atoms with van der Waals surface area (Å²) in [5.74, 6) is -0.238. The molecule has 0 radical (unpaired) electrons. The molecule has 2 heterocycles. The lowest BCUT2D eigenvalue weighted by atomic mass is 10.00. The van der Waals surface area contributed by atoms with E-state index in [-0.39, 0.29) is 35.8 Å². The van der Waals surface area contributed by atoms with Crippen LogP contribution in [0.5, 0.6) is 0 Å². The van der Waals surface area contributed by atoms with E-state index in [1.165, 1.54) is 32.0 Å². The molecule has 1 aromatic rings. The predicted molar refractivity (Wildman–Crippen MR) is 94.6 cm³/mol. The van der Waals surface area contributed by atoms with Crippen LogP contribution in [0.15, 0.2) is 35.2 Å². The Balaban J connectivity index is 0.00000208. The minimum atomic E-state index is -3.62. The molecule has 24 heavy (non-hydrogen) atoms. The number of carbonyl (C=O) groups is 1. The standard InChI is InChI=1S/C16H23N3O3S.ClH/c1-19(23(21,22)15-5-3-2-4-6-15)11-16(20)18-14-9-12-7-8-13(10-14)17-12;/h2-6,12-14,17H,7-11H2,1H3,(H,18,20);1H. The Morgan fingerprint density at radius 3 is 2.38 bits per heavy atom. The van der Waals surface area contributed by atoms with Crippen LogP contribution in [-0.2, 0) is 14.8 Å². The maximum atomic E-state index is 12.4. The zero-order valence-corrected chi connectivity index (χ0v) is 15.3. The lowest BCUT2D eigenvalue weighted by molar-refractivity contribution is -0.122. The fourth-order valence-corrected chi connectivity index (χ4v) is 4.66. The Morgan fingerprint density at radius 1 is 1.21 bits per heavy atom. The van der Waals surface area contributed by atoms with Gasteiger partial charge in [0.2, 0.25) is 15.9 Å². The third-order valence-electron chi connectivity index (χ3n) is 4.66. The van der Waals surface area contributed by atoms with E-state index in [4.69, 9.17) is 0 Å². The van der Waals surface area contributed by atoms with Crippen LogP contribution >= 0.6 is 12.4 Å². The van der Waals surface area contributed by atoms with Gasteiger partial charge in [0.05, 0.1) is 11.4 Å². The molecule has 134 valence electrons. The average molecular weight is 374 g/mol. The van der Waals surface area contributed by atoms with Crippen molar-refractivity contribution in [1.82, 2.24) is 14.9 Å². The van der Waals surface area contributed by atoms with Crippen LogP contribution < -0.4 is 10.6 Å². The monoisotopic (exact) mass is 373 g/mol. The molecular weight excluding hydrogens is 350 g/mol. The zero-order valence-electron chi connectivity index (χ0n) is 13.6. The Bertz CT molecular complexity index is 656. The quantitative estimate of drug-likeness (QED) is 0.811. The number of fused-ring (bicyclic) bond motifs is 2. The fraction of sp³-hybridized carbons (Fsp3) is 0.562. The van der Waals surface area contributed by atoms with Gasteiger partial charge in [0.25, 0.3) is 0 Å². The third kappa shape index (κ3) is 4.27. The molecule has 3 rings (SSSR count). The highest BCUT2D eigenvalue weighted by atomic mass is 35.5. The number of amides is 1. The number of sulfonamides is 1. The molecule has 0 aliphatic carbocycles. The summed E-state index contributed by atoms with van der Waals surface area (Å²) in [4.78, 5) is 12.4. The van der Waals surface area contributed by atoms with Gasteiger partial charge in [-0.3, -0.25) is 4.79 Å². The maximum absolute atomic E-state index is 12.4. The van der Waals surface area contributed by atoms with Gasteiger partial charge >= 0.3 is 0 Å². The Labute approximate surface area is 149 Å². The van der Waals surface area contributed by atoms with Crippen LogP contribution in [0.25, 0.3) is 0 Å². The predicted octanol–water partition coefficient (Wildman–Crippen LogP) is 1.13. The molecule has 2 fully saturated rings. The van der Waals surface area contributed by atoms with Crippen LogP contribution in [0.4, 0.5) is 0 Å². The molecule has 2 aliphatic rings. The van der Waals surface area contributed by atoms with Gasteiger partial charge in [-0.1, -0.05) is 18.2 Å². The number of piperidine rings is 1. The van der Waals surface area contributed by atoms with E-state index >= 15 is 0 Å². The van der Waals surface area contributed by atoms with Gasteiger partial charge in [-0.2, -0.15) is 4.31 Å². The highest BCUT2D eigenvalue weighted by Crippen LogP contribution is 2.26. The molecule has 1 aromatic carbocycles. The summed E-state index contributed by atoms with van der Waals surface area (Å²) >= 11 is 0. The topological polar surface area (TPSA) is 78.5 Å². The molecule has 0 spiro atoms. The first-order chi connectivity index (χ1) is 10.9. The van der Waals surface area contributed by atoms with Crippen LogP contribution in [0.1, 0.15) is 25.7 Å². The average Bonchev–Trinajstić information content (AvgIpc) is 2.86. The van der Waals surface area contributed by atoms with E-state index < -0.39 is 10.0 Å². The molecule has 8 heteroatoms. The van der Waals surface area contributed by atoms with Gasteiger partial charge in [0.15, 0.2) is 0 Å². The molecule has 2 unspecified atom stereocenters. The van der Waals surface area contributed by atoms with Crippen molar-refractivity contribution in [2.24, 2.45) is 0 Å². The van der Waals surface area contributed by atoms with Crippen LogP contribution in [0.2, 0.25) is 0 Å². The van der Waals surface area contributed by atoms with Gasteiger partial charge in [0.1, 0.15) is 0 Å². The highest BCUT2D eigenvalue weighted by Gasteiger charge is 2.34. The van der Waals surface area contributed by atoms with Gasteiger partial charge in [-0.05, 0) is 37.8 Å². The molecule has 2 bridgehead atoms. The number of likely N-dealkylation sites (N-methyl/N-ethyl adjacent to an activating group) is 1. The zero-order chi connectivity index (χ0) is 16.4. The summed E-state index contributed by atoms with van der Waals surface area (Å²) in [7, 11) is -2.19. The Morgan fingerprint density at radius 2 is 1.79 bits per heavy atom. The molecule has 2 N–H and O–H groups in total. The second-order valence-electron chi connectivity index (χ2n) is 6.45. The van der Waals surface area contributed by atoms with Crippen molar-refractivity contribution in [3.63, 3.8) is 0 Å². The van der Waals surface area contributed by atoms with E-state index in [2.05, 4.69) is 10.6 Å². The van der Waals surface area contributed by atoms with Crippen LogP contribution in [0.3, 0.4) is 0 Å². The van der Waals surface area contributed by atoms with Crippen molar-refractivity contribution in [2.75, 3.05) is 13.6 Å². The van der Waals surface area contributed by atoms with Crippen molar-refractivity contribution in [2.45, 2.75) is 48.7 Å². The second kappa shape index (κ2) is 7.82. The number of rotatable bonds is 5. The van der Waals surface area contributed by atoms with E-state index in [1.54, 1.807) is 18.2 Å². The fourth-order valence-electron chi connectivity index (χ4n) is 3.51. The van der Waals surface area contributed by atoms with Gasteiger partial charge in [-0.25, -0.2) is 8.42 Å². The van der Waals surface area contributed by atoms with Crippen LogP contribution in [0, 0.1) is 0 Å². The van der Waals surface area contributed by atoms with Crippen molar-refractivity contribution < 1.29 is 13.2 Å². The van der Waals surface area contributed by atoms with E-state index in [0.29, 0.717) is 12.1 Å². The first kappa shape index (κ1) is 19.2. The van der Waals surface area contributed by atoms with Crippen molar-refractivity contribution >= 4 is 28.3 Å². The maximum Gasteiger partial charge on any atom is 0.243 e. The highest BCUT2D eigenvalue weighted by molar-refractivity contribution is 7.89. The summed E-state index contributed by atoms with van der Waals surface area (Å²) in [6.45, 7) is -0.156. The number of hydrogen-bond donors (Lipinski definition) is 2. The van der Waals surface area contributed by atoms with Gasteiger partial charge in [-0.15, -0.1) is 12.4 Å². The molecule has 2 aliphatic heterocycles. The summed E-state index contributed by atoms with van der Waals surface area (Å²) in [5.41, 5.74) is 0. The summed E-state index contributed by atoms with van der Waals surface area (Å²) in [6, 6.07) is 9.31. The van der Waals surface area contributed by atoms with Gasteiger partial charge < -0.3 is 10.6 Å². The van der Waals surface area contributed by atoms with Crippen LogP contribution in [-0.4, -0.2) is 50.3 Å². The molecule has 2 saturated heterocycles. The Hall–Kier alpha value is -1.15. The third-order valence-corrected chi connectivity index (χ3v) is 6.47. The normalized spacial score (nSPS) is 26.0. The first-order valence-electron chi connectivity index (χ1n) is 8.02. The number of halogens is 1. The van der Waals surface area contributed by atoms with E-state index in [0.717, 1.165) is 17.1 Å². The molecule has 1 amide bonds. The van der Waals surface area contributed by atoms with E-state index in [9.17, 15) is 13.2 Å². The largest absolute Gasteiger partial charge is 0.352 e. The smallest absolute Gasteiger partial charge is 0.243 e. The molecule has 0 aromatic heterocycles. The summed E-state index contributed by atoms with van der Waals surface area (Å²) in [5, 5.41) is 6.51. The molecule has 0 saturated carbocycles. The lowest BCUT2D eigenvalue weighted by Crippen LogP contribution is -2.50. The molecular formula is C16H24ClN3O3S. The molecule has 2 atom stereocenters. The van der Waals surface area contributed by atoms with E-state index in [1.807, 2.05) is 0 Å². The number of hydrogen-bond acceptors (Lipinski definition) is 4. The summed E-state index contributed by atoms with van der Waals surface area (Å²) in [6.07, 6.45) is 4.19. The molecule has 6 nitrogen and oxygen atoms in total. The first-order valence-corrected chi connectivity index (χ1v) is 9.46. The second-order valence-corrected chi connectivity index (χ2v) is 8.49. The van der Waals surface area contributed by atoms with Crippen molar-refractivity contribution in [3.05, 3.63) is 30.3 Å². The minimum absolute atomic E-state index is 0. The Kier molecular flexibility index (Phi) is 6.25. The number of nitrogens with zero attached hydrogens (tertiary/aromatic N) is 1. The lowest BCUT2D eigenvalue weighted by Gasteiger charge is -2.30. The van der Waals surface area contributed by atoms with Gasteiger partial charge in [0, 0.05) is 25.2 Å². The SMILES string of the molecule is CN(CC(=O)NC1CC2CCC(C1)N2)S(=O)(=O)c1ccccc1.Cl. The minimum Gasteiger partial charge on any atom is -0.352 e. The number of nitrogens with one attached hydrogen (secondary N) is 2. The van der Waals surface area contributed by atoms with Crippen molar-refractivity contribution in [3.8, 4) is 0 Å². The number of carbonyl (C=O) groups excluding carboxylic acids is 1. The van der Waals surface area contributed by atoms with Crippen molar-refractivity contribution in [1.29, 1.82) is 0 Å². The summed E-state index contributed by atoms with van der Waals surface area (Å²) < 4.78 is 25.9.